The van der Waals surface area contributed by atoms with Crippen molar-refractivity contribution in [2.75, 3.05) is 20.3 Å². The fourth-order valence-electron chi connectivity index (χ4n) is 2.37. The van der Waals surface area contributed by atoms with Crippen LogP contribution in [0.4, 0.5) is 0 Å². The summed E-state index contributed by atoms with van der Waals surface area (Å²) in [5, 5.41) is 11.8. The average molecular weight is 224 g/mol. The summed E-state index contributed by atoms with van der Waals surface area (Å²) in [5.74, 6) is 2.34. The molecular weight excluding hydrogens is 204 g/mol. The topological polar surface area (TPSA) is 52.0 Å². The molecule has 1 fully saturated rings. The van der Waals surface area contributed by atoms with Crippen LogP contribution in [-0.4, -0.2) is 41.1 Å². The summed E-state index contributed by atoms with van der Waals surface area (Å²) in [6, 6.07) is 0.740. The van der Waals surface area contributed by atoms with E-state index in [9.17, 15) is 0 Å². The molecule has 0 saturated carbocycles. The number of nitrogens with one attached hydrogen (secondary N) is 1. The monoisotopic (exact) mass is 224 g/mol. The third-order valence-electron chi connectivity index (χ3n) is 3.19. The Balaban J connectivity index is 2.32. The minimum atomic E-state index is 0.314. The van der Waals surface area contributed by atoms with Gasteiger partial charge in [0.1, 0.15) is 11.6 Å². The molecule has 0 amide bonds. The quantitative estimate of drug-likeness (QED) is 0.827. The van der Waals surface area contributed by atoms with E-state index in [1.807, 2.05) is 14.0 Å². The number of likely N-dealkylation sites (N-methyl/N-ethyl adjacent to an activating group) is 1. The van der Waals surface area contributed by atoms with Crippen LogP contribution in [0.5, 0.6) is 0 Å². The zero-order chi connectivity index (χ0) is 11.7. The van der Waals surface area contributed by atoms with Crippen LogP contribution in [0.25, 0.3) is 0 Å². The summed E-state index contributed by atoms with van der Waals surface area (Å²) in [4.78, 5) is 0. The molecule has 0 spiro atoms. The predicted octanol–water partition coefficient (Wildman–Crippen LogP) is 0.869. The van der Waals surface area contributed by atoms with Crippen molar-refractivity contribution < 1.29 is 4.74 Å². The van der Waals surface area contributed by atoms with Crippen LogP contribution in [-0.2, 0) is 4.74 Å². The first-order valence-corrected chi connectivity index (χ1v) is 5.81. The fraction of sp³-hybridized carbons (Fsp3) is 0.818. The highest BCUT2D eigenvalue weighted by Crippen LogP contribution is 2.26. The maximum atomic E-state index is 5.52. The lowest BCUT2D eigenvalue weighted by molar-refractivity contribution is 0.187. The van der Waals surface area contributed by atoms with Crippen LogP contribution in [0.2, 0.25) is 0 Å². The van der Waals surface area contributed by atoms with Crippen LogP contribution < -0.4 is 5.32 Å². The van der Waals surface area contributed by atoms with Gasteiger partial charge in [0.15, 0.2) is 0 Å². The standard InChI is InChI=1S/C11H20N4O/c1-7(2)15-8(3)13-14-11(15)9-5-16-6-10(9)12-4/h7,9-10,12H,5-6H2,1-4H3. The van der Waals surface area contributed by atoms with Gasteiger partial charge in [-0.25, -0.2) is 0 Å². The molecule has 0 aromatic carbocycles. The van der Waals surface area contributed by atoms with E-state index in [1.54, 1.807) is 0 Å². The Morgan fingerprint density at radius 1 is 1.38 bits per heavy atom. The minimum absolute atomic E-state index is 0.314. The minimum Gasteiger partial charge on any atom is -0.379 e. The first kappa shape index (κ1) is 11.5. The highest BCUT2D eigenvalue weighted by Gasteiger charge is 2.33. The van der Waals surface area contributed by atoms with Gasteiger partial charge in [-0.3, -0.25) is 0 Å². The zero-order valence-electron chi connectivity index (χ0n) is 10.4. The van der Waals surface area contributed by atoms with Gasteiger partial charge in [0.05, 0.1) is 19.1 Å². The van der Waals surface area contributed by atoms with E-state index in [0.29, 0.717) is 18.0 Å². The molecule has 1 saturated heterocycles. The summed E-state index contributed by atoms with van der Waals surface area (Å²) in [6.07, 6.45) is 0. The van der Waals surface area contributed by atoms with Gasteiger partial charge in [-0.05, 0) is 27.8 Å². The zero-order valence-corrected chi connectivity index (χ0v) is 10.4. The second-order valence-electron chi connectivity index (χ2n) is 4.61. The van der Waals surface area contributed by atoms with Gasteiger partial charge in [-0.15, -0.1) is 10.2 Å². The summed E-state index contributed by atoms with van der Waals surface area (Å²) in [5.41, 5.74) is 0. The second-order valence-corrected chi connectivity index (χ2v) is 4.61. The lowest BCUT2D eigenvalue weighted by atomic mass is 10.0. The second kappa shape index (κ2) is 4.51. The number of hydrogen-bond donors (Lipinski definition) is 1. The van der Waals surface area contributed by atoms with E-state index in [0.717, 1.165) is 24.9 Å². The molecule has 1 N–H and O–H groups in total. The molecule has 0 aliphatic carbocycles. The van der Waals surface area contributed by atoms with Crippen molar-refractivity contribution in [1.82, 2.24) is 20.1 Å². The number of aromatic nitrogens is 3. The van der Waals surface area contributed by atoms with E-state index in [2.05, 4.69) is 33.9 Å². The Bertz CT molecular complexity index is 361. The Labute approximate surface area is 96.2 Å². The lowest BCUT2D eigenvalue weighted by Gasteiger charge is -2.19. The van der Waals surface area contributed by atoms with E-state index in [-0.39, 0.29) is 0 Å². The van der Waals surface area contributed by atoms with E-state index in [1.165, 1.54) is 0 Å². The lowest BCUT2D eigenvalue weighted by Crippen LogP contribution is -2.32. The van der Waals surface area contributed by atoms with E-state index in [4.69, 9.17) is 4.74 Å². The highest BCUT2D eigenvalue weighted by atomic mass is 16.5. The third-order valence-corrected chi connectivity index (χ3v) is 3.19. The maximum absolute atomic E-state index is 5.52. The molecule has 5 heteroatoms. The van der Waals surface area contributed by atoms with Crippen molar-refractivity contribution in [2.45, 2.75) is 38.8 Å². The third kappa shape index (κ3) is 1.85. The first-order chi connectivity index (χ1) is 7.65. The van der Waals surface area contributed by atoms with Crippen LogP contribution in [0.3, 0.4) is 0 Å². The van der Waals surface area contributed by atoms with E-state index >= 15 is 0 Å². The van der Waals surface area contributed by atoms with Crippen LogP contribution in [0.1, 0.15) is 37.5 Å². The Hall–Kier alpha value is -0.940. The molecule has 16 heavy (non-hydrogen) atoms. The fourth-order valence-corrected chi connectivity index (χ4v) is 2.37. The maximum Gasteiger partial charge on any atom is 0.140 e. The summed E-state index contributed by atoms with van der Waals surface area (Å²) in [7, 11) is 1.97. The molecule has 0 bridgehead atoms. The van der Waals surface area contributed by atoms with Crippen LogP contribution in [0, 0.1) is 6.92 Å². The number of ether oxygens (including phenoxy) is 1. The van der Waals surface area contributed by atoms with E-state index < -0.39 is 0 Å². The van der Waals surface area contributed by atoms with Gasteiger partial charge in [-0.1, -0.05) is 0 Å². The summed E-state index contributed by atoms with van der Waals surface area (Å²) in [6.45, 7) is 7.80. The molecule has 1 aliphatic heterocycles. The molecule has 1 aromatic heterocycles. The highest BCUT2D eigenvalue weighted by molar-refractivity contribution is 5.08. The van der Waals surface area contributed by atoms with Crippen LogP contribution in [0.15, 0.2) is 0 Å². The van der Waals surface area contributed by atoms with Gasteiger partial charge in [0.25, 0.3) is 0 Å². The first-order valence-electron chi connectivity index (χ1n) is 5.81. The van der Waals surface area contributed by atoms with Gasteiger partial charge in [0.2, 0.25) is 0 Å². The number of hydrogen-bond acceptors (Lipinski definition) is 4. The SMILES string of the molecule is CNC1COCC1c1nnc(C)n1C(C)C. The Morgan fingerprint density at radius 2 is 2.12 bits per heavy atom. The predicted molar refractivity (Wildman–Crippen MR) is 61.6 cm³/mol. The number of aryl methyl sites for hydroxylation is 1. The normalized spacial score (nSPS) is 25.6. The molecule has 2 atom stereocenters. The molecule has 0 radical (unpaired) electrons. The van der Waals surface area contributed by atoms with Crippen molar-refractivity contribution in [3.63, 3.8) is 0 Å². The molecule has 2 unspecified atom stereocenters. The van der Waals surface area contributed by atoms with Crippen molar-refractivity contribution in [2.24, 2.45) is 0 Å². The summed E-state index contributed by atoms with van der Waals surface area (Å²) < 4.78 is 7.71. The smallest absolute Gasteiger partial charge is 0.140 e. The molecular formula is C11H20N4O. The van der Waals surface area contributed by atoms with Crippen molar-refractivity contribution in [3.8, 4) is 0 Å². The van der Waals surface area contributed by atoms with Crippen molar-refractivity contribution >= 4 is 0 Å². The molecule has 2 heterocycles. The van der Waals surface area contributed by atoms with Crippen molar-refractivity contribution in [1.29, 1.82) is 0 Å². The number of rotatable bonds is 3. The molecule has 1 aromatic rings. The largest absolute Gasteiger partial charge is 0.379 e. The van der Waals surface area contributed by atoms with Gasteiger partial charge in [-0.2, -0.15) is 0 Å². The number of nitrogens with zero attached hydrogens (tertiary/aromatic N) is 3. The Kier molecular flexibility index (Phi) is 3.25. The van der Waals surface area contributed by atoms with Gasteiger partial charge in [0, 0.05) is 12.1 Å². The Morgan fingerprint density at radius 3 is 2.75 bits per heavy atom. The molecule has 1 aliphatic rings. The van der Waals surface area contributed by atoms with Crippen molar-refractivity contribution in [3.05, 3.63) is 11.6 Å². The van der Waals surface area contributed by atoms with Crippen LogP contribution >= 0.6 is 0 Å². The molecule has 90 valence electrons. The van der Waals surface area contributed by atoms with Gasteiger partial charge >= 0.3 is 0 Å². The molecule has 5 nitrogen and oxygen atoms in total. The average Bonchev–Trinajstić information content (AvgIpc) is 2.82. The summed E-state index contributed by atoms with van der Waals surface area (Å²) >= 11 is 0. The van der Waals surface area contributed by atoms with Gasteiger partial charge < -0.3 is 14.6 Å². The molecule has 2 rings (SSSR count).